The smallest absolute Gasteiger partial charge is 0.234 e. The molecule has 0 saturated carbocycles. The number of benzene rings is 2. The van der Waals surface area contributed by atoms with Crippen LogP contribution in [0.25, 0.3) is 0 Å². The van der Waals surface area contributed by atoms with Crippen molar-refractivity contribution in [3.8, 4) is 11.5 Å². The number of fused-ring (bicyclic) bond motifs is 1. The molecule has 0 aromatic heterocycles. The number of thioether (sulfide) groups is 1. The van der Waals surface area contributed by atoms with Gasteiger partial charge in [-0.3, -0.25) is 9.79 Å². The molecule has 0 bridgehead atoms. The minimum atomic E-state index is -0.417. The van der Waals surface area contributed by atoms with Crippen LogP contribution in [-0.4, -0.2) is 59.4 Å². The fourth-order valence-corrected chi connectivity index (χ4v) is 5.57. The molecule has 1 spiro atoms. The predicted octanol–water partition coefficient (Wildman–Crippen LogP) is 5.10. The molecule has 1 fully saturated rings. The van der Waals surface area contributed by atoms with Gasteiger partial charge in [0.2, 0.25) is 12.7 Å². The fourth-order valence-electron chi connectivity index (χ4n) is 4.70. The van der Waals surface area contributed by atoms with Gasteiger partial charge >= 0.3 is 0 Å². The molecule has 3 aliphatic rings. The highest BCUT2D eigenvalue weighted by Crippen LogP contribution is 2.37. The lowest BCUT2D eigenvalue weighted by Gasteiger charge is -2.34. The largest absolute Gasteiger partial charge is 0.454 e. The molecule has 7 nitrogen and oxygen atoms in total. The molecule has 1 N–H and O–H groups in total. The lowest BCUT2D eigenvalue weighted by atomic mass is 9.86. The summed E-state index contributed by atoms with van der Waals surface area (Å²) in [7, 11) is 0. The monoisotopic (exact) mass is 506 g/mol. The third-order valence-corrected chi connectivity index (χ3v) is 7.92. The number of anilines is 1. The normalized spacial score (nSPS) is 18.8. The highest BCUT2D eigenvalue weighted by Gasteiger charge is 2.39. The highest BCUT2D eigenvalue weighted by atomic mass is 32.2. The van der Waals surface area contributed by atoms with Crippen molar-refractivity contribution < 1.29 is 14.3 Å². The third kappa shape index (κ3) is 5.30. The molecule has 0 radical (unpaired) electrons. The quantitative estimate of drug-likeness (QED) is 0.611. The van der Waals surface area contributed by atoms with Crippen LogP contribution in [0.3, 0.4) is 0 Å². The summed E-state index contributed by atoms with van der Waals surface area (Å²) >= 11 is 1.46. The Bertz CT molecular complexity index is 1190. The standard InChI is InChI=1S/C28H34N4O3S/c1-5-32-14-12-28(13-15-32)30-25(19-6-8-20(9-7-19)27(2,3)4)26(31-28)36-17-24(33)29-21-10-11-22-23(16-21)35-18-34-22/h6-11,16H,5,12-15,17-18H2,1-4H3,(H,29,33). The van der Waals surface area contributed by atoms with Crippen molar-refractivity contribution in [2.45, 2.75) is 51.6 Å². The van der Waals surface area contributed by atoms with Crippen LogP contribution < -0.4 is 14.8 Å². The van der Waals surface area contributed by atoms with Crippen LogP contribution in [0.4, 0.5) is 5.69 Å². The number of nitrogens with one attached hydrogen (secondary N) is 1. The van der Waals surface area contributed by atoms with Gasteiger partial charge in [0.25, 0.3) is 0 Å². The summed E-state index contributed by atoms with van der Waals surface area (Å²) in [6.45, 7) is 12.1. The molecule has 3 aliphatic heterocycles. The highest BCUT2D eigenvalue weighted by molar-refractivity contribution is 8.16. The number of ether oxygens (including phenoxy) is 2. The zero-order chi connectivity index (χ0) is 25.3. The van der Waals surface area contributed by atoms with Crippen LogP contribution >= 0.6 is 11.8 Å². The third-order valence-electron chi connectivity index (χ3n) is 6.96. The van der Waals surface area contributed by atoms with E-state index in [2.05, 4.69) is 62.2 Å². The van der Waals surface area contributed by atoms with Gasteiger partial charge in [0.05, 0.1) is 11.5 Å². The van der Waals surface area contributed by atoms with Crippen LogP contribution in [-0.2, 0) is 10.2 Å². The van der Waals surface area contributed by atoms with Crippen molar-refractivity contribution in [2.24, 2.45) is 9.98 Å². The van der Waals surface area contributed by atoms with Crippen LogP contribution in [0.2, 0.25) is 0 Å². The Kier molecular flexibility index (Phi) is 6.83. The Morgan fingerprint density at radius 2 is 1.78 bits per heavy atom. The number of piperidine rings is 1. The number of carbonyl (C=O) groups is 1. The van der Waals surface area contributed by atoms with E-state index in [0.29, 0.717) is 17.2 Å². The fraction of sp³-hybridized carbons (Fsp3) is 0.464. The summed E-state index contributed by atoms with van der Waals surface area (Å²) in [5, 5.41) is 3.81. The zero-order valence-corrected chi connectivity index (χ0v) is 22.3. The minimum absolute atomic E-state index is 0.0860. The van der Waals surface area contributed by atoms with Crippen LogP contribution in [0, 0.1) is 0 Å². The number of likely N-dealkylation sites (tertiary alicyclic amines) is 1. The van der Waals surface area contributed by atoms with Gasteiger partial charge in [0.1, 0.15) is 5.04 Å². The topological polar surface area (TPSA) is 75.5 Å². The van der Waals surface area contributed by atoms with Crippen LogP contribution in [0.15, 0.2) is 52.4 Å². The van der Waals surface area contributed by atoms with Gasteiger partial charge in [-0.2, -0.15) is 0 Å². The molecule has 1 saturated heterocycles. The van der Waals surface area contributed by atoms with E-state index in [0.717, 1.165) is 48.8 Å². The number of aliphatic imine (C=N–C) groups is 2. The van der Waals surface area contributed by atoms with Crippen molar-refractivity contribution >= 4 is 34.1 Å². The summed E-state index contributed by atoms with van der Waals surface area (Å²) in [5.41, 5.74) is 3.60. The maximum absolute atomic E-state index is 12.8. The summed E-state index contributed by atoms with van der Waals surface area (Å²) < 4.78 is 10.8. The second kappa shape index (κ2) is 9.90. The van der Waals surface area contributed by atoms with E-state index in [1.165, 1.54) is 17.3 Å². The molecule has 2 aromatic carbocycles. The van der Waals surface area contributed by atoms with Crippen molar-refractivity contribution in [1.29, 1.82) is 0 Å². The van der Waals surface area contributed by atoms with Crippen LogP contribution in [0.1, 0.15) is 51.7 Å². The van der Waals surface area contributed by atoms with Gasteiger partial charge in [-0.1, -0.05) is 63.7 Å². The number of carbonyl (C=O) groups excluding carboxylic acids is 1. The summed E-state index contributed by atoms with van der Waals surface area (Å²) in [6.07, 6.45) is 1.80. The maximum atomic E-state index is 12.8. The van der Waals surface area contributed by atoms with E-state index in [4.69, 9.17) is 19.5 Å². The lowest BCUT2D eigenvalue weighted by Crippen LogP contribution is -2.41. The minimum Gasteiger partial charge on any atom is -0.454 e. The number of hydrogen-bond acceptors (Lipinski definition) is 7. The van der Waals surface area contributed by atoms with Gasteiger partial charge in [0, 0.05) is 43.2 Å². The molecule has 5 rings (SSSR count). The van der Waals surface area contributed by atoms with Gasteiger partial charge in [-0.15, -0.1) is 0 Å². The molecule has 190 valence electrons. The summed E-state index contributed by atoms with van der Waals surface area (Å²) in [4.78, 5) is 25.6. The number of amides is 1. The number of hydrogen-bond donors (Lipinski definition) is 1. The molecular formula is C28H34N4O3S. The Morgan fingerprint density at radius 3 is 2.47 bits per heavy atom. The first-order valence-corrected chi connectivity index (χ1v) is 13.6. The number of nitrogens with zero attached hydrogens (tertiary/aromatic N) is 3. The van der Waals surface area contributed by atoms with E-state index in [9.17, 15) is 4.79 Å². The Morgan fingerprint density at radius 1 is 1.06 bits per heavy atom. The molecular weight excluding hydrogens is 472 g/mol. The van der Waals surface area contributed by atoms with Gasteiger partial charge < -0.3 is 19.7 Å². The molecule has 2 aromatic rings. The van der Waals surface area contributed by atoms with E-state index < -0.39 is 5.66 Å². The van der Waals surface area contributed by atoms with E-state index >= 15 is 0 Å². The molecule has 1 amide bonds. The predicted molar refractivity (Wildman–Crippen MR) is 147 cm³/mol. The SMILES string of the molecule is CCN1CCC2(CC1)N=C(SCC(=O)Nc1ccc3c(c1)OCO3)C(c1ccc(C(C)(C)C)cc1)=N2. The zero-order valence-electron chi connectivity index (χ0n) is 21.5. The second-order valence-electron chi connectivity index (χ2n) is 10.5. The van der Waals surface area contributed by atoms with Gasteiger partial charge in [-0.05, 0) is 29.7 Å². The van der Waals surface area contributed by atoms with E-state index in [1.54, 1.807) is 6.07 Å². The first-order valence-electron chi connectivity index (χ1n) is 12.6. The molecule has 0 aliphatic carbocycles. The van der Waals surface area contributed by atoms with Crippen molar-refractivity contribution in [3.05, 3.63) is 53.6 Å². The maximum Gasteiger partial charge on any atom is 0.234 e. The average molecular weight is 507 g/mol. The molecule has 36 heavy (non-hydrogen) atoms. The van der Waals surface area contributed by atoms with Crippen molar-refractivity contribution in [1.82, 2.24) is 4.90 Å². The summed E-state index contributed by atoms with van der Waals surface area (Å²) in [5.74, 6) is 1.50. The molecule has 0 atom stereocenters. The van der Waals surface area contributed by atoms with Crippen LogP contribution in [0.5, 0.6) is 11.5 Å². The van der Waals surface area contributed by atoms with E-state index in [1.807, 2.05) is 12.1 Å². The Hall–Kier alpha value is -2.84. The van der Waals surface area contributed by atoms with E-state index in [-0.39, 0.29) is 23.9 Å². The number of rotatable bonds is 5. The van der Waals surface area contributed by atoms with Crippen molar-refractivity contribution in [2.75, 3.05) is 37.5 Å². The van der Waals surface area contributed by atoms with Gasteiger partial charge in [0.15, 0.2) is 17.2 Å². The Labute approximate surface area is 217 Å². The average Bonchev–Trinajstić information content (AvgIpc) is 3.47. The van der Waals surface area contributed by atoms with Gasteiger partial charge in [-0.25, -0.2) is 4.99 Å². The summed E-state index contributed by atoms with van der Waals surface area (Å²) in [6, 6.07) is 14.1. The lowest BCUT2D eigenvalue weighted by molar-refractivity contribution is -0.113. The van der Waals surface area contributed by atoms with Crippen molar-refractivity contribution in [3.63, 3.8) is 0 Å². The first-order chi connectivity index (χ1) is 17.2. The molecule has 3 heterocycles. The molecule has 0 unspecified atom stereocenters. The second-order valence-corrected chi connectivity index (χ2v) is 11.5. The first kappa shape index (κ1) is 24.8. The molecule has 8 heteroatoms. The Balaban J connectivity index is 1.32.